The summed E-state index contributed by atoms with van der Waals surface area (Å²) in [4.78, 5) is 29.1. The number of hydrogen-bond donors (Lipinski definition) is 2. The monoisotopic (exact) mass is 411 g/mol. The van der Waals surface area contributed by atoms with Gasteiger partial charge in [-0.25, -0.2) is 0 Å². The third-order valence-corrected chi connectivity index (χ3v) is 5.61. The molecule has 2 amide bonds. The maximum Gasteiger partial charge on any atom is 0.255 e. The third kappa shape index (κ3) is 5.49. The van der Waals surface area contributed by atoms with Gasteiger partial charge in [0.15, 0.2) is 11.5 Å². The van der Waals surface area contributed by atoms with E-state index in [-0.39, 0.29) is 17.7 Å². The van der Waals surface area contributed by atoms with Gasteiger partial charge in [0.05, 0.1) is 19.8 Å². The van der Waals surface area contributed by atoms with Crippen molar-refractivity contribution < 1.29 is 19.1 Å². The zero-order valence-electron chi connectivity index (χ0n) is 17.5. The summed E-state index contributed by atoms with van der Waals surface area (Å²) in [7, 11) is 3.07. The summed E-state index contributed by atoms with van der Waals surface area (Å²) in [6.45, 7) is 1.09. The van der Waals surface area contributed by atoms with Crippen LogP contribution in [0, 0.1) is 11.8 Å². The predicted octanol–water partition coefficient (Wildman–Crippen LogP) is 2.95. The lowest BCUT2D eigenvalue weighted by Crippen LogP contribution is -2.36. The molecule has 2 N–H and O–H groups in total. The summed E-state index contributed by atoms with van der Waals surface area (Å²) >= 11 is 0. The number of nitrogens with zero attached hydrogens (tertiary/aromatic N) is 1. The van der Waals surface area contributed by atoms with Crippen LogP contribution in [0.3, 0.4) is 0 Å². The fourth-order valence-electron chi connectivity index (χ4n) is 3.86. The van der Waals surface area contributed by atoms with Crippen molar-refractivity contribution in [2.24, 2.45) is 11.8 Å². The van der Waals surface area contributed by atoms with Gasteiger partial charge in [0.2, 0.25) is 5.91 Å². The van der Waals surface area contributed by atoms with Crippen LogP contribution in [0.5, 0.6) is 11.5 Å². The highest BCUT2D eigenvalue weighted by Crippen LogP contribution is 2.31. The van der Waals surface area contributed by atoms with Gasteiger partial charge in [0.25, 0.3) is 5.91 Å². The van der Waals surface area contributed by atoms with Gasteiger partial charge in [0.1, 0.15) is 0 Å². The fourth-order valence-corrected chi connectivity index (χ4v) is 3.86. The van der Waals surface area contributed by atoms with Gasteiger partial charge >= 0.3 is 0 Å². The largest absolute Gasteiger partial charge is 0.493 e. The Morgan fingerprint density at radius 1 is 1.03 bits per heavy atom. The second kappa shape index (κ2) is 10.6. The number of methoxy groups -OCH3 is 2. The molecule has 1 aliphatic carbocycles. The van der Waals surface area contributed by atoms with E-state index in [0.29, 0.717) is 36.1 Å². The average molecular weight is 412 g/mol. The molecule has 3 rings (SSSR count). The molecule has 1 fully saturated rings. The Balaban J connectivity index is 1.44. The second-order valence-electron chi connectivity index (χ2n) is 7.55. The number of carbonyl (C=O) groups excluding carboxylic acids is 2. The van der Waals surface area contributed by atoms with Crippen LogP contribution in [0.15, 0.2) is 42.7 Å². The van der Waals surface area contributed by atoms with Crippen molar-refractivity contribution in [3.8, 4) is 11.5 Å². The van der Waals surface area contributed by atoms with Crippen molar-refractivity contribution in [3.05, 3.63) is 53.9 Å². The van der Waals surface area contributed by atoms with E-state index in [9.17, 15) is 9.59 Å². The van der Waals surface area contributed by atoms with Gasteiger partial charge in [-0.2, -0.15) is 0 Å². The minimum absolute atomic E-state index is 0.0344. The molecule has 0 spiro atoms. The van der Waals surface area contributed by atoms with E-state index in [0.717, 1.165) is 31.2 Å². The maximum absolute atomic E-state index is 12.6. The maximum atomic E-state index is 12.6. The first-order valence-corrected chi connectivity index (χ1v) is 10.3. The van der Waals surface area contributed by atoms with Crippen LogP contribution < -0.4 is 20.1 Å². The Morgan fingerprint density at radius 3 is 2.50 bits per heavy atom. The Labute approximate surface area is 177 Å². The quantitative estimate of drug-likeness (QED) is 0.697. The normalized spacial score (nSPS) is 18.3. The summed E-state index contributed by atoms with van der Waals surface area (Å²) in [5.41, 5.74) is 1.45. The fraction of sp³-hybridized carbons (Fsp3) is 0.435. The molecule has 1 aliphatic rings. The lowest BCUT2D eigenvalue weighted by Gasteiger charge is -2.28. The molecule has 30 heavy (non-hydrogen) atoms. The molecule has 0 bridgehead atoms. The van der Waals surface area contributed by atoms with Crippen molar-refractivity contribution >= 4 is 11.8 Å². The highest BCUT2D eigenvalue weighted by molar-refractivity contribution is 5.97. The number of rotatable bonds is 8. The first-order valence-electron chi connectivity index (χ1n) is 10.3. The van der Waals surface area contributed by atoms with Crippen LogP contribution in [0.4, 0.5) is 0 Å². The number of amides is 2. The Bertz CT molecular complexity index is 849. The van der Waals surface area contributed by atoms with E-state index in [1.165, 1.54) is 7.11 Å². The van der Waals surface area contributed by atoms with Gasteiger partial charge in [-0.15, -0.1) is 0 Å². The Hall–Kier alpha value is -3.09. The zero-order valence-corrected chi connectivity index (χ0v) is 17.5. The highest BCUT2D eigenvalue weighted by atomic mass is 16.5. The molecule has 0 atom stereocenters. The van der Waals surface area contributed by atoms with E-state index in [1.807, 2.05) is 12.1 Å². The molecule has 7 nitrogen and oxygen atoms in total. The number of benzene rings is 1. The summed E-state index contributed by atoms with van der Waals surface area (Å²) in [6.07, 6.45) is 6.98. The molecule has 7 heteroatoms. The molecule has 1 saturated carbocycles. The SMILES string of the molecule is COc1cccc(C(=O)NCC2CCC(C(=O)NCc3cccnc3)CC2)c1OC. The summed E-state index contributed by atoms with van der Waals surface area (Å²) < 4.78 is 10.6. The number of ether oxygens (including phenoxy) is 2. The third-order valence-electron chi connectivity index (χ3n) is 5.61. The molecule has 1 aromatic heterocycles. The topological polar surface area (TPSA) is 89.5 Å². The smallest absolute Gasteiger partial charge is 0.255 e. The lowest BCUT2D eigenvalue weighted by molar-refractivity contribution is -0.126. The molecular weight excluding hydrogens is 382 g/mol. The number of aromatic nitrogens is 1. The van der Waals surface area contributed by atoms with E-state index >= 15 is 0 Å². The molecule has 0 aliphatic heterocycles. The van der Waals surface area contributed by atoms with Crippen molar-refractivity contribution in [2.45, 2.75) is 32.2 Å². The standard InChI is InChI=1S/C23H29N3O4/c1-29-20-7-3-6-19(21(20)30-2)23(28)26-14-16-8-10-18(11-9-16)22(27)25-15-17-5-4-12-24-13-17/h3-7,12-13,16,18H,8-11,14-15H2,1-2H3,(H,25,27)(H,26,28). The van der Waals surface area contributed by atoms with E-state index in [1.54, 1.807) is 37.7 Å². The molecule has 0 radical (unpaired) electrons. The predicted molar refractivity (Wildman–Crippen MR) is 113 cm³/mol. The number of pyridine rings is 1. The van der Waals surface area contributed by atoms with Crippen molar-refractivity contribution in [1.82, 2.24) is 15.6 Å². The van der Waals surface area contributed by atoms with Crippen LogP contribution in [0.2, 0.25) is 0 Å². The molecule has 0 saturated heterocycles. The number of para-hydroxylation sites is 1. The van der Waals surface area contributed by atoms with Gasteiger partial charge in [-0.3, -0.25) is 14.6 Å². The Kier molecular flexibility index (Phi) is 7.65. The molecule has 1 heterocycles. The average Bonchev–Trinajstić information content (AvgIpc) is 2.81. The van der Waals surface area contributed by atoms with Gasteiger partial charge in [-0.05, 0) is 55.4 Å². The summed E-state index contributed by atoms with van der Waals surface area (Å²) in [5.74, 6) is 1.29. The van der Waals surface area contributed by atoms with Crippen LogP contribution in [0.1, 0.15) is 41.6 Å². The second-order valence-corrected chi connectivity index (χ2v) is 7.55. The number of nitrogens with one attached hydrogen (secondary N) is 2. The molecule has 0 unspecified atom stereocenters. The van der Waals surface area contributed by atoms with Gasteiger partial charge < -0.3 is 20.1 Å². The molecule has 2 aromatic rings. The number of hydrogen-bond acceptors (Lipinski definition) is 5. The van der Waals surface area contributed by atoms with Gasteiger partial charge in [-0.1, -0.05) is 12.1 Å². The van der Waals surface area contributed by atoms with Crippen LogP contribution in [-0.4, -0.2) is 37.6 Å². The van der Waals surface area contributed by atoms with Gasteiger partial charge in [0, 0.05) is 31.4 Å². The molecule has 160 valence electrons. The Morgan fingerprint density at radius 2 is 1.83 bits per heavy atom. The van der Waals surface area contributed by atoms with E-state index in [2.05, 4.69) is 15.6 Å². The van der Waals surface area contributed by atoms with Crippen molar-refractivity contribution in [2.75, 3.05) is 20.8 Å². The van der Waals surface area contributed by atoms with Crippen LogP contribution >= 0.6 is 0 Å². The summed E-state index contributed by atoms with van der Waals surface area (Å²) in [5, 5.41) is 6.01. The van der Waals surface area contributed by atoms with Crippen LogP contribution in [0.25, 0.3) is 0 Å². The van der Waals surface area contributed by atoms with Crippen molar-refractivity contribution in [3.63, 3.8) is 0 Å². The van der Waals surface area contributed by atoms with Crippen LogP contribution in [-0.2, 0) is 11.3 Å². The van der Waals surface area contributed by atoms with Crippen molar-refractivity contribution in [1.29, 1.82) is 0 Å². The summed E-state index contributed by atoms with van der Waals surface area (Å²) in [6, 6.07) is 9.06. The number of carbonyl (C=O) groups is 2. The lowest BCUT2D eigenvalue weighted by atomic mass is 9.81. The van der Waals surface area contributed by atoms with E-state index in [4.69, 9.17) is 9.47 Å². The van der Waals surface area contributed by atoms with E-state index < -0.39 is 0 Å². The minimum Gasteiger partial charge on any atom is -0.493 e. The first kappa shape index (κ1) is 21.6. The highest BCUT2D eigenvalue weighted by Gasteiger charge is 2.27. The molecular formula is C23H29N3O4. The molecule has 1 aromatic carbocycles. The minimum atomic E-state index is -0.179. The first-order chi connectivity index (χ1) is 14.6. The zero-order chi connectivity index (χ0) is 21.3.